The number of rotatable bonds is 4. The molecule has 0 aliphatic rings. The third-order valence-electron chi connectivity index (χ3n) is 1.37. The molecule has 0 amide bonds. The molecular formula is C8H14MgO6. The molecule has 0 heterocycles. The van der Waals surface area contributed by atoms with Gasteiger partial charge in [0.2, 0.25) is 0 Å². The summed E-state index contributed by atoms with van der Waals surface area (Å²) in [5.41, 5.74) is 0. The Kier molecular flexibility index (Phi) is 15.7. The van der Waals surface area contributed by atoms with Crippen molar-refractivity contribution in [3.05, 3.63) is 0 Å². The molecular weight excluding hydrogens is 216 g/mol. The van der Waals surface area contributed by atoms with Gasteiger partial charge in [-0.2, -0.15) is 0 Å². The second-order valence-electron chi connectivity index (χ2n) is 2.39. The van der Waals surface area contributed by atoms with Gasteiger partial charge < -0.3 is 29.3 Å². The third-order valence-corrected chi connectivity index (χ3v) is 1.37. The monoisotopic (exact) mass is 230 g/mol. The van der Waals surface area contributed by atoms with Gasteiger partial charge >= 0.3 is 23.1 Å². The van der Waals surface area contributed by atoms with E-state index in [1.807, 2.05) is 0 Å². The van der Waals surface area contributed by atoms with E-state index >= 15 is 0 Å². The average molecular weight is 230 g/mol. The molecule has 7 heteroatoms. The summed E-state index contributed by atoms with van der Waals surface area (Å²) >= 11 is 0. The summed E-state index contributed by atoms with van der Waals surface area (Å²) in [6.07, 6.45) is -1.58. The van der Waals surface area contributed by atoms with Crippen molar-refractivity contribution in [3.8, 4) is 0 Å². The number of carboxylic acid groups (broad SMARTS) is 2. The quantitative estimate of drug-likeness (QED) is 0.483. The van der Waals surface area contributed by atoms with Crippen LogP contribution in [0.5, 0.6) is 0 Å². The summed E-state index contributed by atoms with van der Waals surface area (Å²) in [5, 5.41) is 19.4. The first-order chi connectivity index (χ1) is 6.36. The van der Waals surface area contributed by atoms with E-state index in [9.17, 15) is 19.8 Å². The van der Waals surface area contributed by atoms with Crippen LogP contribution in [0, 0.1) is 0 Å². The van der Waals surface area contributed by atoms with Crippen LogP contribution in [0.25, 0.3) is 0 Å². The van der Waals surface area contributed by atoms with Gasteiger partial charge in [0.15, 0.2) is 0 Å². The van der Waals surface area contributed by atoms with Gasteiger partial charge in [-0.15, -0.1) is 0 Å². The summed E-state index contributed by atoms with van der Waals surface area (Å²) in [7, 11) is 2.64. The molecule has 0 rings (SSSR count). The fraction of sp³-hybridized carbons (Fsp3) is 0.750. The van der Waals surface area contributed by atoms with Crippen molar-refractivity contribution in [3.63, 3.8) is 0 Å². The summed E-state index contributed by atoms with van der Waals surface area (Å²) < 4.78 is 8.70. The zero-order valence-corrected chi connectivity index (χ0v) is 10.7. The van der Waals surface area contributed by atoms with E-state index in [4.69, 9.17) is 0 Å². The van der Waals surface area contributed by atoms with E-state index in [1.54, 1.807) is 0 Å². The van der Waals surface area contributed by atoms with Gasteiger partial charge in [-0.05, 0) is 13.8 Å². The van der Waals surface area contributed by atoms with Gasteiger partial charge in [0.05, 0.1) is 24.1 Å². The maximum absolute atomic E-state index is 9.69. The number of aliphatic carboxylic acids is 2. The number of hydrogen-bond donors (Lipinski definition) is 0. The minimum absolute atomic E-state index is 0. The fourth-order valence-electron chi connectivity index (χ4n) is 0.192. The molecule has 15 heavy (non-hydrogen) atoms. The second kappa shape index (κ2) is 11.7. The van der Waals surface area contributed by atoms with Crippen molar-refractivity contribution in [2.75, 3.05) is 14.2 Å². The topological polar surface area (TPSA) is 98.7 Å². The van der Waals surface area contributed by atoms with Crippen LogP contribution in [-0.2, 0) is 19.1 Å². The number of methoxy groups -OCH3 is 2. The van der Waals surface area contributed by atoms with Crippen LogP contribution in [0.3, 0.4) is 0 Å². The van der Waals surface area contributed by atoms with Crippen LogP contribution in [0.4, 0.5) is 0 Å². The Balaban J connectivity index is -0.000000180. The van der Waals surface area contributed by atoms with E-state index in [0.29, 0.717) is 0 Å². The average Bonchev–Trinajstić information content (AvgIpc) is 2.15. The van der Waals surface area contributed by atoms with Crippen molar-refractivity contribution in [2.45, 2.75) is 26.1 Å². The molecule has 0 radical (unpaired) electrons. The Morgan fingerprint density at radius 2 is 1.13 bits per heavy atom. The molecule has 0 N–H and O–H groups in total. The van der Waals surface area contributed by atoms with Gasteiger partial charge in [-0.25, -0.2) is 0 Å². The van der Waals surface area contributed by atoms with Crippen molar-refractivity contribution in [2.24, 2.45) is 0 Å². The van der Waals surface area contributed by atoms with Crippen LogP contribution >= 0.6 is 0 Å². The smallest absolute Gasteiger partial charge is 0.547 e. The summed E-state index contributed by atoms with van der Waals surface area (Å²) in [6.45, 7) is 2.82. The number of ether oxygens (including phenoxy) is 2. The molecule has 84 valence electrons. The predicted octanol–water partition coefficient (Wildman–Crippen LogP) is -2.84. The normalized spacial score (nSPS) is 12.5. The van der Waals surface area contributed by atoms with Gasteiger partial charge in [0, 0.05) is 14.2 Å². The Morgan fingerprint density at radius 3 is 1.13 bits per heavy atom. The molecule has 2 unspecified atom stereocenters. The molecule has 0 aliphatic heterocycles. The fourth-order valence-corrected chi connectivity index (χ4v) is 0.192. The third kappa shape index (κ3) is 13.6. The Bertz CT molecular complexity index is 164. The van der Waals surface area contributed by atoms with E-state index in [1.165, 1.54) is 28.1 Å². The minimum atomic E-state index is -1.18. The molecule has 0 spiro atoms. The molecule has 0 aromatic carbocycles. The molecule has 0 aliphatic carbocycles. The number of carboxylic acids is 2. The van der Waals surface area contributed by atoms with Gasteiger partial charge in [0.25, 0.3) is 0 Å². The van der Waals surface area contributed by atoms with Gasteiger partial charge in [0.1, 0.15) is 0 Å². The number of hydrogen-bond acceptors (Lipinski definition) is 6. The van der Waals surface area contributed by atoms with Crippen molar-refractivity contribution in [1.29, 1.82) is 0 Å². The summed E-state index contributed by atoms with van der Waals surface area (Å²) in [5.74, 6) is -2.36. The van der Waals surface area contributed by atoms with Crippen molar-refractivity contribution >= 4 is 35.0 Å². The molecule has 2 atom stereocenters. The molecule has 0 bridgehead atoms. The summed E-state index contributed by atoms with van der Waals surface area (Å²) in [6, 6.07) is 0. The first-order valence-electron chi connectivity index (χ1n) is 3.84. The predicted molar refractivity (Wildman–Crippen MR) is 48.7 cm³/mol. The standard InChI is InChI=1S/2C4H8O3.Mg/c2*1-3(7-2)4(5)6;/h2*3H,1-2H3,(H,5,6);/q;;+2/p-2. The van der Waals surface area contributed by atoms with E-state index in [0.717, 1.165) is 0 Å². The van der Waals surface area contributed by atoms with E-state index < -0.39 is 24.1 Å². The molecule has 0 aromatic rings. The molecule has 0 saturated carbocycles. The van der Waals surface area contributed by atoms with Crippen LogP contribution in [0.15, 0.2) is 0 Å². The second-order valence-corrected chi connectivity index (χ2v) is 2.39. The summed E-state index contributed by atoms with van der Waals surface area (Å²) in [4.78, 5) is 19.4. The first kappa shape index (κ1) is 20.1. The van der Waals surface area contributed by atoms with E-state index in [-0.39, 0.29) is 23.1 Å². The van der Waals surface area contributed by atoms with Gasteiger partial charge in [-0.3, -0.25) is 0 Å². The van der Waals surface area contributed by atoms with Crippen molar-refractivity contribution < 1.29 is 29.3 Å². The largest absolute Gasteiger partial charge is 2.00 e. The molecule has 0 saturated heterocycles. The van der Waals surface area contributed by atoms with Crippen LogP contribution < -0.4 is 10.2 Å². The van der Waals surface area contributed by atoms with Crippen molar-refractivity contribution in [1.82, 2.24) is 0 Å². The Hall–Kier alpha value is -0.374. The number of carbonyl (C=O) groups is 2. The zero-order chi connectivity index (χ0) is 11.7. The Labute approximate surface area is 105 Å². The Morgan fingerprint density at radius 1 is 0.933 bits per heavy atom. The van der Waals surface area contributed by atoms with Gasteiger partial charge in [-0.1, -0.05) is 0 Å². The minimum Gasteiger partial charge on any atom is -0.547 e. The van der Waals surface area contributed by atoms with Crippen LogP contribution in [-0.4, -0.2) is 61.4 Å². The molecule has 0 fully saturated rings. The SMILES string of the molecule is COC(C)C(=O)[O-].COC(C)C(=O)[O-].[Mg+2]. The molecule has 6 nitrogen and oxygen atoms in total. The maximum atomic E-state index is 9.69. The zero-order valence-electron chi connectivity index (χ0n) is 9.31. The first-order valence-corrected chi connectivity index (χ1v) is 3.84. The van der Waals surface area contributed by atoms with Crippen LogP contribution in [0.2, 0.25) is 0 Å². The van der Waals surface area contributed by atoms with E-state index in [2.05, 4.69) is 9.47 Å². The van der Waals surface area contributed by atoms with Crippen LogP contribution in [0.1, 0.15) is 13.8 Å². The maximum Gasteiger partial charge on any atom is 2.00 e. The molecule has 0 aromatic heterocycles. The number of carbonyl (C=O) groups excluding carboxylic acids is 2.